The van der Waals surface area contributed by atoms with Crippen molar-refractivity contribution in [2.75, 3.05) is 5.32 Å². The van der Waals surface area contributed by atoms with E-state index in [1.165, 1.54) is 6.20 Å². The molecule has 0 radical (unpaired) electrons. The molecule has 4 rings (SSSR count). The number of nitrogens with one attached hydrogen (secondary N) is 2. The normalized spacial score (nSPS) is 12.1. The van der Waals surface area contributed by atoms with Crippen molar-refractivity contribution in [3.63, 3.8) is 0 Å². The van der Waals surface area contributed by atoms with Crippen LogP contribution in [0.25, 0.3) is 16.7 Å². The highest BCUT2D eigenvalue weighted by atomic mass is 35.5. The van der Waals surface area contributed by atoms with Gasteiger partial charge >= 0.3 is 0 Å². The number of amides is 1. The first-order chi connectivity index (χ1) is 14.4. The van der Waals surface area contributed by atoms with E-state index in [2.05, 4.69) is 20.4 Å². The average molecular weight is 440 g/mol. The molecule has 9 heteroatoms. The molecule has 0 fully saturated rings. The summed E-state index contributed by atoms with van der Waals surface area (Å²) in [6, 6.07) is 14.7. The molecule has 1 atom stereocenters. The van der Waals surface area contributed by atoms with Gasteiger partial charge in [0.15, 0.2) is 10.8 Å². The molecule has 4 aromatic rings. The minimum absolute atomic E-state index is 0.218. The van der Waals surface area contributed by atoms with Crippen LogP contribution in [0.2, 0.25) is 5.02 Å². The Hall–Kier alpha value is -3.10. The molecule has 0 saturated heterocycles. The highest BCUT2D eigenvalue weighted by Gasteiger charge is 2.19. The van der Waals surface area contributed by atoms with Crippen molar-refractivity contribution in [3.05, 3.63) is 75.7 Å². The van der Waals surface area contributed by atoms with Crippen molar-refractivity contribution < 1.29 is 4.79 Å². The monoisotopic (exact) mass is 439 g/mol. The molecule has 0 saturated carbocycles. The van der Waals surface area contributed by atoms with Crippen molar-refractivity contribution >= 4 is 46.0 Å². The van der Waals surface area contributed by atoms with Crippen LogP contribution in [-0.4, -0.2) is 30.9 Å². The fraction of sp³-hybridized carbons (Fsp3) is 0.143. The summed E-state index contributed by atoms with van der Waals surface area (Å²) < 4.78 is 1.61. The molecule has 0 aliphatic rings. The maximum Gasteiger partial charge on any atom is 0.262 e. The molecule has 2 heterocycles. The Bertz CT molecular complexity index is 1290. The van der Waals surface area contributed by atoms with E-state index in [0.717, 1.165) is 23.0 Å². The van der Waals surface area contributed by atoms with E-state index in [-0.39, 0.29) is 11.5 Å². The number of para-hydroxylation sites is 1. The highest BCUT2D eigenvalue weighted by Crippen LogP contribution is 2.24. The Balaban J connectivity index is 1.59. The third-order valence-electron chi connectivity index (χ3n) is 4.53. The topological polar surface area (TPSA) is 92.7 Å². The number of halogens is 1. The molecule has 0 bridgehead atoms. The van der Waals surface area contributed by atoms with Crippen LogP contribution in [0.3, 0.4) is 0 Å². The van der Waals surface area contributed by atoms with E-state index < -0.39 is 5.25 Å². The molecule has 1 amide bonds. The number of benzene rings is 2. The largest absolute Gasteiger partial charge is 0.325 e. The molecule has 0 spiro atoms. The van der Waals surface area contributed by atoms with Crippen LogP contribution in [0, 0.1) is 6.92 Å². The van der Waals surface area contributed by atoms with Gasteiger partial charge in [-0.25, -0.2) is 9.67 Å². The third-order valence-corrected chi connectivity index (χ3v) is 5.75. The van der Waals surface area contributed by atoms with Crippen LogP contribution in [0.5, 0.6) is 0 Å². The van der Waals surface area contributed by atoms with Gasteiger partial charge in [0.25, 0.3) is 5.56 Å². The Kier molecular flexibility index (Phi) is 5.61. The fourth-order valence-electron chi connectivity index (χ4n) is 2.90. The number of hydrogen-bond acceptors (Lipinski definition) is 5. The lowest BCUT2D eigenvalue weighted by Gasteiger charge is -2.13. The average Bonchev–Trinajstić information content (AvgIpc) is 3.16. The summed E-state index contributed by atoms with van der Waals surface area (Å²) in [5.41, 5.74) is 2.49. The molecule has 2 aromatic heterocycles. The number of thioether (sulfide) groups is 1. The van der Waals surface area contributed by atoms with E-state index in [4.69, 9.17) is 11.6 Å². The van der Waals surface area contributed by atoms with Gasteiger partial charge in [-0.05, 0) is 43.7 Å². The summed E-state index contributed by atoms with van der Waals surface area (Å²) >= 11 is 7.19. The van der Waals surface area contributed by atoms with Gasteiger partial charge in [0, 0.05) is 10.7 Å². The van der Waals surface area contributed by atoms with Crippen LogP contribution < -0.4 is 10.9 Å². The highest BCUT2D eigenvalue weighted by molar-refractivity contribution is 8.00. The van der Waals surface area contributed by atoms with Gasteiger partial charge in [-0.3, -0.25) is 9.59 Å². The lowest BCUT2D eigenvalue weighted by atomic mass is 10.2. The van der Waals surface area contributed by atoms with Gasteiger partial charge in [0.05, 0.1) is 17.1 Å². The number of nitrogens with zero attached hydrogens (tertiary/aromatic N) is 3. The zero-order chi connectivity index (χ0) is 21.3. The molecule has 1 unspecified atom stereocenters. The fourth-order valence-corrected chi connectivity index (χ4v) is 3.86. The van der Waals surface area contributed by atoms with Crippen molar-refractivity contribution in [1.29, 1.82) is 0 Å². The van der Waals surface area contributed by atoms with Crippen LogP contribution in [-0.2, 0) is 4.79 Å². The number of aromatic amines is 1. The smallest absolute Gasteiger partial charge is 0.262 e. The van der Waals surface area contributed by atoms with Crippen molar-refractivity contribution in [1.82, 2.24) is 19.7 Å². The zero-order valence-electron chi connectivity index (χ0n) is 16.2. The van der Waals surface area contributed by atoms with E-state index in [1.54, 1.807) is 23.7 Å². The molecule has 0 aliphatic carbocycles. The predicted octanol–water partition coefficient (Wildman–Crippen LogP) is 4.19. The standard InChI is InChI=1S/C21H18ClN5O2S/c1-12-8-9-14(22)10-17(12)24-19(28)13(2)30-21-25-18-16(20(29)26-21)11-23-27(18)15-6-4-3-5-7-15/h3-11,13H,1-2H3,(H,24,28)(H,25,26,29). The number of rotatable bonds is 5. The number of fused-ring (bicyclic) bond motifs is 1. The van der Waals surface area contributed by atoms with Gasteiger partial charge < -0.3 is 10.3 Å². The second-order valence-corrected chi connectivity index (χ2v) is 8.47. The Morgan fingerprint density at radius 3 is 2.77 bits per heavy atom. The van der Waals surface area contributed by atoms with E-state index >= 15 is 0 Å². The molecule has 152 valence electrons. The lowest BCUT2D eigenvalue weighted by Crippen LogP contribution is -2.23. The maximum absolute atomic E-state index is 12.7. The number of carbonyl (C=O) groups excluding carboxylic acids is 1. The molecule has 7 nitrogen and oxygen atoms in total. The first kappa shape index (κ1) is 20.2. The number of anilines is 1. The Morgan fingerprint density at radius 1 is 1.23 bits per heavy atom. The van der Waals surface area contributed by atoms with Crippen molar-refractivity contribution in [2.24, 2.45) is 0 Å². The van der Waals surface area contributed by atoms with Crippen LogP contribution in [0.15, 0.2) is 64.7 Å². The second-order valence-electron chi connectivity index (χ2n) is 6.71. The van der Waals surface area contributed by atoms with Crippen LogP contribution in [0.1, 0.15) is 12.5 Å². The number of hydrogen-bond donors (Lipinski definition) is 2. The number of aromatic nitrogens is 4. The minimum Gasteiger partial charge on any atom is -0.325 e. The van der Waals surface area contributed by atoms with Gasteiger partial charge in [0.1, 0.15) is 5.39 Å². The first-order valence-corrected chi connectivity index (χ1v) is 10.5. The summed E-state index contributed by atoms with van der Waals surface area (Å²) in [5.74, 6) is -0.218. The molecule has 30 heavy (non-hydrogen) atoms. The van der Waals surface area contributed by atoms with Gasteiger partial charge in [0.2, 0.25) is 5.91 Å². The summed E-state index contributed by atoms with van der Waals surface area (Å²) in [5, 5.41) is 7.93. The molecular weight excluding hydrogens is 422 g/mol. The number of carbonyl (C=O) groups is 1. The Morgan fingerprint density at radius 2 is 2.00 bits per heavy atom. The quantitative estimate of drug-likeness (QED) is 0.359. The second kappa shape index (κ2) is 8.33. The summed E-state index contributed by atoms with van der Waals surface area (Å²) in [7, 11) is 0. The van der Waals surface area contributed by atoms with Crippen molar-refractivity contribution in [2.45, 2.75) is 24.3 Å². The SMILES string of the molecule is Cc1ccc(Cl)cc1NC(=O)C(C)Sc1nc2c(cnn2-c2ccccc2)c(=O)[nH]1. The minimum atomic E-state index is -0.503. The van der Waals surface area contributed by atoms with Crippen LogP contribution in [0.4, 0.5) is 5.69 Å². The van der Waals surface area contributed by atoms with E-state index in [1.807, 2.05) is 43.3 Å². The molecule has 0 aliphatic heterocycles. The van der Waals surface area contributed by atoms with Crippen LogP contribution >= 0.6 is 23.4 Å². The Labute approximate surface area is 181 Å². The van der Waals surface area contributed by atoms with E-state index in [9.17, 15) is 9.59 Å². The van der Waals surface area contributed by atoms with E-state index in [0.29, 0.717) is 26.9 Å². The lowest BCUT2D eigenvalue weighted by molar-refractivity contribution is -0.115. The molecule has 2 aromatic carbocycles. The van der Waals surface area contributed by atoms with Gasteiger partial charge in [-0.2, -0.15) is 5.10 Å². The van der Waals surface area contributed by atoms with Gasteiger partial charge in [-0.15, -0.1) is 0 Å². The molecule has 2 N–H and O–H groups in total. The number of aryl methyl sites for hydroxylation is 1. The maximum atomic E-state index is 12.7. The summed E-state index contributed by atoms with van der Waals surface area (Å²) in [6.45, 7) is 3.64. The number of H-pyrrole nitrogens is 1. The van der Waals surface area contributed by atoms with Crippen molar-refractivity contribution in [3.8, 4) is 5.69 Å². The predicted molar refractivity (Wildman–Crippen MR) is 120 cm³/mol. The third kappa shape index (κ3) is 4.10. The first-order valence-electron chi connectivity index (χ1n) is 9.19. The zero-order valence-corrected chi connectivity index (χ0v) is 17.8. The summed E-state index contributed by atoms with van der Waals surface area (Å²) in [6.07, 6.45) is 1.49. The molecular formula is C21H18ClN5O2S. The van der Waals surface area contributed by atoms with Gasteiger partial charge in [-0.1, -0.05) is 47.6 Å². The summed E-state index contributed by atoms with van der Waals surface area (Å²) in [4.78, 5) is 32.4.